The van der Waals surface area contributed by atoms with Gasteiger partial charge in [-0.3, -0.25) is 0 Å². The van der Waals surface area contributed by atoms with E-state index in [2.05, 4.69) is 15.1 Å². The number of carbonyl (C=O) groups excluding carboxylic acids is 1. The normalized spacial score (nSPS) is 17.8. The summed E-state index contributed by atoms with van der Waals surface area (Å²) >= 11 is 0. The number of aromatic nitrogens is 3. The lowest BCUT2D eigenvalue weighted by Gasteiger charge is -2.23. The zero-order valence-corrected chi connectivity index (χ0v) is 17.8. The minimum Gasteiger partial charge on any atom is -0.473 e. The van der Waals surface area contributed by atoms with Gasteiger partial charge in [0.1, 0.15) is 18.4 Å². The largest absolute Gasteiger partial charge is 0.473 e. The molecule has 2 aromatic heterocycles. The smallest absolute Gasteiger partial charge is 0.410 e. The van der Waals surface area contributed by atoms with Crippen molar-refractivity contribution in [2.75, 3.05) is 7.05 Å². The van der Waals surface area contributed by atoms with Gasteiger partial charge in [-0.25, -0.2) is 14.8 Å². The molecule has 0 aromatic carbocycles. The fourth-order valence-electron chi connectivity index (χ4n) is 4.28. The molecule has 2 aliphatic rings. The molecule has 0 spiro atoms. The lowest BCUT2D eigenvalue weighted by Crippen LogP contribution is -2.35. The van der Waals surface area contributed by atoms with Crippen molar-refractivity contribution in [1.82, 2.24) is 20.0 Å². The standard InChI is InChI=1S/C22H30N4O4/c1-15-18(14-28-22(27)26(2)16-8-6-7-9-16)21(30-25-15)19-12-24-20(13-23-19)29-17-10-4-3-5-11-17/h12-13,16-17H,3-11,14H2,1-2H3. The van der Waals surface area contributed by atoms with Gasteiger partial charge in [0.15, 0.2) is 5.76 Å². The molecule has 8 nitrogen and oxygen atoms in total. The van der Waals surface area contributed by atoms with Crippen LogP contribution in [0.5, 0.6) is 5.88 Å². The van der Waals surface area contributed by atoms with E-state index in [1.807, 2.05) is 6.92 Å². The van der Waals surface area contributed by atoms with Crippen LogP contribution in [0.25, 0.3) is 11.5 Å². The van der Waals surface area contributed by atoms with Crippen molar-refractivity contribution in [1.29, 1.82) is 0 Å². The van der Waals surface area contributed by atoms with Gasteiger partial charge in [-0.15, -0.1) is 0 Å². The molecule has 2 aromatic rings. The molecule has 30 heavy (non-hydrogen) atoms. The van der Waals surface area contributed by atoms with Crippen LogP contribution in [0, 0.1) is 6.92 Å². The number of ether oxygens (including phenoxy) is 2. The molecule has 0 radical (unpaired) electrons. The molecular weight excluding hydrogens is 384 g/mol. The van der Waals surface area contributed by atoms with Crippen LogP contribution < -0.4 is 4.74 Å². The van der Waals surface area contributed by atoms with Gasteiger partial charge in [-0.1, -0.05) is 24.4 Å². The van der Waals surface area contributed by atoms with E-state index in [-0.39, 0.29) is 24.8 Å². The molecule has 1 amide bonds. The Morgan fingerprint density at radius 1 is 1.10 bits per heavy atom. The van der Waals surface area contributed by atoms with Crippen LogP contribution in [0.4, 0.5) is 4.79 Å². The summed E-state index contributed by atoms with van der Waals surface area (Å²) in [7, 11) is 1.80. The Kier molecular flexibility index (Phi) is 6.50. The average Bonchev–Trinajstić information content (AvgIpc) is 3.43. The van der Waals surface area contributed by atoms with Crippen LogP contribution in [0.1, 0.15) is 69.0 Å². The molecule has 0 unspecified atom stereocenters. The maximum atomic E-state index is 12.4. The lowest BCUT2D eigenvalue weighted by molar-refractivity contribution is 0.0917. The second-order valence-electron chi connectivity index (χ2n) is 8.30. The predicted molar refractivity (Wildman–Crippen MR) is 110 cm³/mol. The van der Waals surface area contributed by atoms with Gasteiger partial charge in [0, 0.05) is 13.1 Å². The Hall–Kier alpha value is -2.64. The topological polar surface area (TPSA) is 90.6 Å². The summed E-state index contributed by atoms with van der Waals surface area (Å²) in [4.78, 5) is 23.0. The van der Waals surface area contributed by atoms with E-state index in [0.717, 1.165) is 38.5 Å². The van der Waals surface area contributed by atoms with Crippen LogP contribution in [0.15, 0.2) is 16.9 Å². The SMILES string of the molecule is Cc1noc(-c2cnc(OC3CCCCC3)cn2)c1COC(=O)N(C)C1CCCC1. The maximum Gasteiger partial charge on any atom is 0.410 e. The number of nitrogens with zero attached hydrogens (tertiary/aromatic N) is 4. The average molecular weight is 415 g/mol. The van der Waals surface area contributed by atoms with Crippen LogP contribution in [0.2, 0.25) is 0 Å². The third-order valence-corrected chi connectivity index (χ3v) is 6.19. The molecule has 0 saturated heterocycles. The van der Waals surface area contributed by atoms with Crippen LogP contribution in [0.3, 0.4) is 0 Å². The highest BCUT2D eigenvalue weighted by atomic mass is 16.6. The Morgan fingerprint density at radius 3 is 2.53 bits per heavy atom. The van der Waals surface area contributed by atoms with E-state index in [1.165, 1.54) is 19.3 Å². The van der Waals surface area contributed by atoms with Gasteiger partial charge >= 0.3 is 6.09 Å². The van der Waals surface area contributed by atoms with Crippen molar-refractivity contribution in [2.24, 2.45) is 0 Å². The fraction of sp³-hybridized carbons (Fsp3) is 0.636. The summed E-state index contributed by atoms with van der Waals surface area (Å²) in [5.41, 5.74) is 1.92. The first-order valence-electron chi connectivity index (χ1n) is 11.0. The highest BCUT2D eigenvalue weighted by Crippen LogP contribution is 2.28. The Labute approximate surface area is 177 Å². The molecule has 4 rings (SSSR count). The molecule has 0 atom stereocenters. The third kappa shape index (κ3) is 4.74. The van der Waals surface area contributed by atoms with E-state index in [1.54, 1.807) is 24.3 Å². The highest BCUT2D eigenvalue weighted by Gasteiger charge is 2.26. The van der Waals surface area contributed by atoms with Crippen molar-refractivity contribution >= 4 is 6.09 Å². The molecule has 2 fully saturated rings. The maximum absolute atomic E-state index is 12.4. The predicted octanol–water partition coefficient (Wildman–Crippen LogP) is 4.66. The summed E-state index contributed by atoms with van der Waals surface area (Å²) in [5, 5.41) is 4.03. The molecular formula is C22H30N4O4. The number of hydrogen-bond acceptors (Lipinski definition) is 7. The fourth-order valence-corrected chi connectivity index (χ4v) is 4.28. The summed E-state index contributed by atoms with van der Waals surface area (Å²) in [6, 6.07) is 0.267. The molecule has 2 heterocycles. The molecule has 0 aliphatic heterocycles. The number of hydrogen-bond donors (Lipinski definition) is 0. The molecule has 2 aliphatic carbocycles. The van der Waals surface area contributed by atoms with Gasteiger partial charge in [-0.2, -0.15) is 0 Å². The molecule has 0 N–H and O–H groups in total. The van der Waals surface area contributed by atoms with Crippen LogP contribution >= 0.6 is 0 Å². The monoisotopic (exact) mass is 414 g/mol. The second kappa shape index (κ2) is 9.45. The second-order valence-corrected chi connectivity index (χ2v) is 8.30. The summed E-state index contributed by atoms with van der Waals surface area (Å²) in [6.07, 6.45) is 13.3. The van der Waals surface area contributed by atoms with E-state index >= 15 is 0 Å². The van der Waals surface area contributed by atoms with Gasteiger partial charge < -0.3 is 18.9 Å². The van der Waals surface area contributed by atoms with E-state index in [0.29, 0.717) is 28.6 Å². The number of carbonyl (C=O) groups is 1. The van der Waals surface area contributed by atoms with E-state index in [9.17, 15) is 4.79 Å². The zero-order valence-electron chi connectivity index (χ0n) is 17.8. The Morgan fingerprint density at radius 2 is 1.83 bits per heavy atom. The zero-order chi connectivity index (χ0) is 20.9. The van der Waals surface area contributed by atoms with E-state index in [4.69, 9.17) is 14.0 Å². The molecule has 2 saturated carbocycles. The minimum absolute atomic E-state index is 0.0859. The van der Waals surface area contributed by atoms with Gasteiger partial charge in [0.05, 0.1) is 23.7 Å². The Bertz CT molecular complexity index is 839. The quantitative estimate of drug-likeness (QED) is 0.679. The van der Waals surface area contributed by atoms with Crippen molar-refractivity contribution < 1.29 is 18.8 Å². The summed E-state index contributed by atoms with van der Waals surface area (Å²) in [5.74, 6) is 0.994. The van der Waals surface area contributed by atoms with Gasteiger partial charge in [0.2, 0.25) is 5.88 Å². The van der Waals surface area contributed by atoms with Crippen molar-refractivity contribution in [2.45, 2.75) is 83.5 Å². The van der Waals surface area contributed by atoms with Crippen LogP contribution in [-0.2, 0) is 11.3 Å². The Balaban J connectivity index is 1.39. The van der Waals surface area contributed by atoms with Crippen molar-refractivity contribution in [3.05, 3.63) is 23.7 Å². The first kappa shape index (κ1) is 20.6. The lowest BCUT2D eigenvalue weighted by atomic mass is 9.98. The number of aryl methyl sites for hydroxylation is 1. The van der Waals surface area contributed by atoms with Crippen LogP contribution in [-0.4, -0.2) is 45.3 Å². The molecule has 0 bridgehead atoms. The van der Waals surface area contributed by atoms with Crippen molar-refractivity contribution in [3.8, 4) is 17.3 Å². The number of amides is 1. The first-order valence-corrected chi connectivity index (χ1v) is 11.0. The highest BCUT2D eigenvalue weighted by molar-refractivity contribution is 5.68. The van der Waals surface area contributed by atoms with Gasteiger partial charge in [-0.05, 0) is 45.4 Å². The summed E-state index contributed by atoms with van der Waals surface area (Å²) < 4.78 is 16.9. The van der Waals surface area contributed by atoms with E-state index < -0.39 is 0 Å². The van der Waals surface area contributed by atoms with Crippen molar-refractivity contribution in [3.63, 3.8) is 0 Å². The molecule has 8 heteroatoms. The van der Waals surface area contributed by atoms with Gasteiger partial charge in [0.25, 0.3) is 0 Å². The molecule has 162 valence electrons. The minimum atomic E-state index is -0.323. The summed E-state index contributed by atoms with van der Waals surface area (Å²) in [6.45, 7) is 1.91. The third-order valence-electron chi connectivity index (χ3n) is 6.19. The first-order chi connectivity index (χ1) is 14.6. The number of rotatable bonds is 6.